The van der Waals surface area contributed by atoms with Crippen molar-refractivity contribution in [2.45, 2.75) is 24.8 Å². The van der Waals surface area contributed by atoms with Gasteiger partial charge >= 0.3 is 6.18 Å². The van der Waals surface area contributed by atoms with Gasteiger partial charge in [0.05, 0.1) is 18.3 Å². The molecular weight excluding hydrogens is 303 g/mol. The monoisotopic (exact) mass is 319 g/mol. The lowest BCUT2D eigenvalue weighted by Gasteiger charge is -2.31. The number of nitrogens with one attached hydrogen (secondary N) is 1. The van der Waals surface area contributed by atoms with Crippen LogP contribution >= 0.6 is 0 Å². The summed E-state index contributed by atoms with van der Waals surface area (Å²) in [7, 11) is 0. The molecule has 5 heteroatoms. The molecule has 0 amide bonds. The van der Waals surface area contributed by atoms with Gasteiger partial charge in [0.15, 0.2) is 0 Å². The summed E-state index contributed by atoms with van der Waals surface area (Å²) >= 11 is 0. The Hall–Kier alpha value is -1.85. The van der Waals surface area contributed by atoms with E-state index in [2.05, 4.69) is 5.32 Å². The van der Waals surface area contributed by atoms with Crippen molar-refractivity contribution in [2.75, 3.05) is 13.1 Å². The first kappa shape index (κ1) is 14.7. The molecule has 4 rings (SSSR count). The molecule has 2 atom stereocenters. The minimum Gasteiger partial charge on any atom is -0.372 e. The summed E-state index contributed by atoms with van der Waals surface area (Å²) in [5, 5.41) is 3.22. The molecule has 1 unspecified atom stereocenters. The summed E-state index contributed by atoms with van der Waals surface area (Å²) < 4.78 is 46.3. The zero-order valence-corrected chi connectivity index (χ0v) is 12.4. The van der Waals surface area contributed by atoms with Crippen LogP contribution in [0.1, 0.15) is 22.6 Å². The molecule has 0 aliphatic carbocycles. The highest BCUT2D eigenvalue weighted by atomic mass is 19.4. The number of ether oxygens (including phenoxy) is 1. The summed E-state index contributed by atoms with van der Waals surface area (Å²) in [5.41, 5.74) is 1.92. The van der Waals surface area contributed by atoms with Crippen molar-refractivity contribution < 1.29 is 17.9 Å². The van der Waals surface area contributed by atoms with E-state index in [-0.39, 0.29) is 18.6 Å². The first-order valence-electron chi connectivity index (χ1n) is 7.66. The molecule has 2 aliphatic heterocycles. The van der Waals surface area contributed by atoms with E-state index in [9.17, 15) is 13.2 Å². The molecule has 1 fully saturated rings. The molecule has 2 aromatic rings. The molecule has 1 N–H and O–H groups in total. The first-order chi connectivity index (χ1) is 11.0. The Labute approximate surface area is 132 Å². The van der Waals surface area contributed by atoms with Gasteiger partial charge < -0.3 is 10.1 Å². The number of hydrogen-bond acceptors (Lipinski definition) is 2. The van der Waals surface area contributed by atoms with Gasteiger partial charge in [-0.05, 0) is 28.3 Å². The van der Waals surface area contributed by atoms with E-state index in [4.69, 9.17) is 4.74 Å². The molecule has 0 saturated carbocycles. The molecule has 0 bridgehead atoms. The predicted octanol–water partition coefficient (Wildman–Crippen LogP) is 3.96. The molecule has 23 heavy (non-hydrogen) atoms. The van der Waals surface area contributed by atoms with Gasteiger partial charge in [0, 0.05) is 19.0 Å². The van der Waals surface area contributed by atoms with E-state index < -0.39 is 11.7 Å². The van der Waals surface area contributed by atoms with Gasteiger partial charge in [0.1, 0.15) is 0 Å². The number of hydrogen-bond donors (Lipinski definition) is 1. The zero-order chi connectivity index (χ0) is 16.0. The highest BCUT2D eigenvalue weighted by Gasteiger charge is 2.41. The lowest BCUT2D eigenvalue weighted by atomic mass is 9.84. The average Bonchev–Trinajstić information content (AvgIpc) is 3.02. The second-order valence-electron chi connectivity index (χ2n) is 6.07. The highest BCUT2D eigenvalue weighted by Crippen LogP contribution is 2.43. The standard InChI is InChI=1S/C18H16F3NO/c19-18(20,21)16-7-12(11-4-2-1-3-5-11)6-13-14-8-22-9-17(14)23-10-15(13)16/h1-7,14,17,22H,8-10H2/t14?,17-/m0/s1. The summed E-state index contributed by atoms with van der Waals surface area (Å²) in [5.74, 6) is -0.0106. The van der Waals surface area contributed by atoms with E-state index in [1.54, 1.807) is 0 Å². The Balaban J connectivity index is 1.92. The third kappa shape index (κ3) is 2.54. The summed E-state index contributed by atoms with van der Waals surface area (Å²) in [6, 6.07) is 12.4. The molecule has 0 radical (unpaired) electrons. The van der Waals surface area contributed by atoms with Crippen LogP contribution in [-0.4, -0.2) is 19.2 Å². The van der Waals surface area contributed by atoms with Crippen LogP contribution in [0.4, 0.5) is 13.2 Å². The van der Waals surface area contributed by atoms with Crippen molar-refractivity contribution >= 4 is 0 Å². The van der Waals surface area contributed by atoms with Crippen molar-refractivity contribution in [3.05, 3.63) is 59.2 Å². The van der Waals surface area contributed by atoms with Gasteiger partial charge in [0.2, 0.25) is 0 Å². The normalized spacial score (nSPS) is 23.4. The van der Waals surface area contributed by atoms with Crippen LogP contribution < -0.4 is 5.32 Å². The highest BCUT2D eigenvalue weighted by molar-refractivity contribution is 5.67. The third-order valence-electron chi connectivity index (χ3n) is 4.70. The van der Waals surface area contributed by atoms with E-state index in [0.29, 0.717) is 24.2 Å². The molecule has 2 aliphatic rings. The van der Waals surface area contributed by atoms with Gasteiger partial charge in [-0.3, -0.25) is 0 Å². The van der Waals surface area contributed by atoms with Crippen LogP contribution in [0.25, 0.3) is 11.1 Å². The van der Waals surface area contributed by atoms with Crippen molar-refractivity contribution in [3.8, 4) is 11.1 Å². The first-order valence-corrected chi connectivity index (χ1v) is 7.66. The SMILES string of the molecule is FC(F)(F)c1cc(-c2ccccc2)cc2c1CO[C@H]1CNCC21. The summed E-state index contributed by atoms with van der Waals surface area (Å²) in [6.07, 6.45) is -4.41. The predicted molar refractivity (Wildman–Crippen MR) is 81.1 cm³/mol. The van der Waals surface area contributed by atoms with E-state index in [1.165, 1.54) is 6.07 Å². The van der Waals surface area contributed by atoms with E-state index in [1.807, 2.05) is 36.4 Å². The van der Waals surface area contributed by atoms with Crippen LogP contribution in [0.3, 0.4) is 0 Å². The Morgan fingerprint density at radius 2 is 1.78 bits per heavy atom. The number of rotatable bonds is 1. The molecule has 0 spiro atoms. The maximum atomic E-state index is 13.5. The van der Waals surface area contributed by atoms with Gasteiger partial charge in [-0.2, -0.15) is 13.2 Å². The Bertz CT molecular complexity index is 727. The minimum atomic E-state index is -4.38. The Morgan fingerprint density at radius 1 is 1.00 bits per heavy atom. The molecule has 0 aromatic heterocycles. The third-order valence-corrected chi connectivity index (χ3v) is 4.70. The second kappa shape index (κ2) is 5.35. The molecule has 2 aromatic carbocycles. The van der Waals surface area contributed by atoms with Crippen LogP contribution in [0.15, 0.2) is 42.5 Å². The Morgan fingerprint density at radius 3 is 2.52 bits per heavy atom. The number of benzene rings is 2. The molecule has 2 nitrogen and oxygen atoms in total. The number of halogens is 3. The molecule has 1 saturated heterocycles. The van der Waals surface area contributed by atoms with Crippen molar-refractivity contribution in [1.29, 1.82) is 0 Å². The second-order valence-corrected chi connectivity index (χ2v) is 6.07. The minimum absolute atomic E-state index is 0.0106. The van der Waals surface area contributed by atoms with Crippen molar-refractivity contribution in [1.82, 2.24) is 5.32 Å². The summed E-state index contributed by atoms with van der Waals surface area (Å²) in [6.45, 7) is 1.39. The fourth-order valence-electron chi connectivity index (χ4n) is 3.57. The lowest BCUT2D eigenvalue weighted by molar-refractivity contribution is -0.139. The quantitative estimate of drug-likeness (QED) is 0.859. The van der Waals surface area contributed by atoms with Gasteiger partial charge in [-0.25, -0.2) is 0 Å². The van der Waals surface area contributed by atoms with Gasteiger partial charge in [-0.15, -0.1) is 0 Å². The van der Waals surface area contributed by atoms with Gasteiger partial charge in [-0.1, -0.05) is 36.4 Å². The smallest absolute Gasteiger partial charge is 0.372 e. The lowest BCUT2D eigenvalue weighted by Crippen LogP contribution is -2.29. The molecule has 120 valence electrons. The topological polar surface area (TPSA) is 21.3 Å². The Kier molecular flexibility index (Phi) is 3.43. The van der Waals surface area contributed by atoms with Crippen LogP contribution in [0.2, 0.25) is 0 Å². The van der Waals surface area contributed by atoms with Crippen molar-refractivity contribution in [2.24, 2.45) is 0 Å². The fraction of sp³-hybridized carbons (Fsp3) is 0.333. The maximum Gasteiger partial charge on any atom is 0.416 e. The maximum absolute atomic E-state index is 13.5. The van der Waals surface area contributed by atoms with Crippen LogP contribution in [0.5, 0.6) is 0 Å². The fourth-order valence-corrected chi connectivity index (χ4v) is 3.57. The van der Waals surface area contributed by atoms with E-state index in [0.717, 1.165) is 11.1 Å². The summed E-state index contributed by atoms with van der Waals surface area (Å²) in [4.78, 5) is 0. The van der Waals surface area contributed by atoms with Crippen molar-refractivity contribution in [3.63, 3.8) is 0 Å². The van der Waals surface area contributed by atoms with E-state index >= 15 is 0 Å². The average molecular weight is 319 g/mol. The van der Waals surface area contributed by atoms with Crippen LogP contribution in [0, 0.1) is 0 Å². The zero-order valence-electron chi connectivity index (χ0n) is 12.4. The van der Waals surface area contributed by atoms with Crippen LogP contribution in [-0.2, 0) is 17.5 Å². The number of alkyl halides is 3. The number of fused-ring (bicyclic) bond motifs is 3. The molecule has 2 heterocycles. The van der Waals surface area contributed by atoms with Gasteiger partial charge in [0.25, 0.3) is 0 Å². The largest absolute Gasteiger partial charge is 0.416 e. The molecular formula is C18H16F3NO.